The van der Waals surface area contributed by atoms with E-state index in [-0.39, 0.29) is 17.5 Å². The Balaban J connectivity index is 1.51. The van der Waals surface area contributed by atoms with E-state index in [4.69, 9.17) is 9.47 Å². The van der Waals surface area contributed by atoms with Crippen LogP contribution in [0.3, 0.4) is 0 Å². The van der Waals surface area contributed by atoms with Crippen molar-refractivity contribution in [2.45, 2.75) is 12.5 Å². The van der Waals surface area contributed by atoms with Crippen molar-refractivity contribution in [3.63, 3.8) is 0 Å². The molecule has 0 aromatic heterocycles. The van der Waals surface area contributed by atoms with Gasteiger partial charge in [0.2, 0.25) is 0 Å². The summed E-state index contributed by atoms with van der Waals surface area (Å²) >= 11 is 0. The van der Waals surface area contributed by atoms with Crippen LogP contribution in [-0.4, -0.2) is 56.4 Å². The molecule has 1 saturated heterocycles. The van der Waals surface area contributed by atoms with E-state index in [1.54, 1.807) is 24.3 Å². The van der Waals surface area contributed by atoms with Gasteiger partial charge in [-0.2, -0.15) is 0 Å². The maximum Gasteiger partial charge on any atom is 0.338 e. The number of carbonyl (C=O) groups excluding carboxylic acids is 2. The van der Waals surface area contributed by atoms with Crippen LogP contribution >= 0.6 is 0 Å². The summed E-state index contributed by atoms with van der Waals surface area (Å²) in [6.07, 6.45) is 0.404. The lowest BCUT2D eigenvalue weighted by atomic mass is 10.2. The molecule has 148 valence electrons. The Kier molecular flexibility index (Phi) is 5.99. The molecule has 1 amide bonds. The van der Waals surface area contributed by atoms with Crippen LogP contribution in [0.15, 0.2) is 54.6 Å². The third-order valence-electron chi connectivity index (χ3n) is 4.55. The zero-order chi connectivity index (χ0) is 20.1. The smallest absolute Gasteiger partial charge is 0.338 e. The minimum atomic E-state index is -3.09. The quantitative estimate of drug-likeness (QED) is 0.688. The Hall–Kier alpha value is -2.87. The van der Waals surface area contributed by atoms with Crippen molar-refractivity contribution in [1.82, 2.24) is 4.90 Å². The molecule has 1 heterocycles. The summed E-state index contributed by atoms with van der Waals surface area (Å²) in [4.78, 5) is 25.6. The van der Waals surface area contributed by atoms with Crippen LogP contribution in [0.2, 0.25) is 0 Å². The van der Waals surface area contributed by atoms with E-state index in [1.807, 2.05) is 30.3 Å². The second-order valence-corrected chi connectivity index (χ2v) is 8.81. The van der Waals surface area contributed by atoms with Gasteiger partial charge in [-0.25, -0.2) is 13.2 Å². The second kappa shape index (κ2) is 8.43. The van der Waals surface area contributed by atoms with E-state index >= 15 is 0 Å². The van der Waals surface area contributed by atoms with Gasteiger partial charge >= 0.3 is 5.97 Å². The maximum absolute atomic E-state index is 12.2. The number of hydrogen-bond donors (Lipinski definition) is 0. The average Bonchev–Trinajstić information content (AvgIpc) is 3.06. The molecule has 1 aliphatic heterocycles. The highest BCUT2D eigenvalue weighted by Gasteiger charge is 2.32. The molecule has 0 spiro atoms. The molecule has 2 aromatic carbocycles. The van der Waals surface area contributed by atoms with Gasteiger partial charge in [0.1, 0.15) is 11.5 Å². The Morgan fingerprint density at radius 2 is 1.68 bits per heavy atom. The summed E-state index contributed by atoms with van der Waals surface area (Å²) in [7, 11) is -1.56. The van der Waals surface area contributed by atoms with Crippen LogP contribution in [0, 0.1) is 0 Å². The summed E-state index contributed by atoms with van der Waals surface area (Å²) in [6, 6.07) is 15.3. The SMILES string of the molecule is CN(C(=O)COC(=O)c1ccc(Oc2ccccc2)cc1)[C@@H]1CCS(=O)(=O)C1. The fraction of sp³-hybridized carbons (Fsp3) is 0.300. The molecule has 1 atom stereocenters. The van der Waals surface area contributed by atoms with Gasteiger partial charge in [-0.1, -0.05) is 18.2 Å². The van der Waals surface area contributed by atoms with E-state index < -0.39 is 28.3 Å². The molecule has 3 rings (SSSR count). The molecule has 7 nitrogen and oxygen atoms in total. The van der Waals surface area contributed by atoms with E-state index in [9.17, 15) is 18.0 Å². The first-order valence-electron chi connectivity index (χ1n) is 8.80. The molecule has 0 bridgehead atoms. The molecule has 2 aromatic rings. The van der Waals surface area contributed by atoms with Crippen LogP contribution in [0.25, 0.3) is 0 Å². The van der Waals surface area contributed by atoms with Gasteiger partial charge in [0, 0.05) is 13.1 Å². The van der Waals surface area contributed by atoms with Gasteiger partial charge in [0.15, 0.2) is 16.4 Å². The molecule has 0 radical (unpaired) electrons. The molecule has 0 unspecified atom stereocenters. The van der Waals surface area contributed by atoms with Crippen LogP contribution < -0.4 is 4.74 Å². The summed E-state index contributed by atoms with van der Waals surface area (Å²) in [5.74, 6) is 0.214. The fourth-order valence-corrected chi connectivity index (χ4v) is 4.65. The maximum atomic E-state index is 12.2. The number of amides is 1. The predicted octanol–water partition coefficient (Wildman–Crippen LogP) is 2.28. The zero-order valence-electron chi connectivity index (χ0n) is 15.4. The lowest BCUT2D eigenvalue weighted by Gasteiger charge is -2.23. The summed E-state index contributed by atoms with van der Waals surface area (Å²) < 4.78 is 33.8. The van der Waals surface area contributed by atoms with Gasteiger partial charge in [0.25, 0.3) is 5.91 Å². The van der Waals surface area contributed by atoms with Crippen molar-refractivity contribution >= 4 is 21.7 Å². The topological polar surface area (TPSA) is 90.0 Å². The highest BCUT2D eigenvalue weighted by Crippen LogP contribution is 2.21. The number of likely N-dealkylation sites (N-methyl/N-ethyl adjacent to an activating group) is 1. The standard InChI is InChI=1S/C20H21NO6S/c1-21(16-11-12-28(24,25)14-16)19(22)13-26-20(23)15-7-9-18(10-8-15)27-17-5-3-2-4-6-17/h2-10,16H,11-14H2,1H3/t16-/m1/s1. The normalized spacial score (nSPS) is 17.7. The van der Waals surface area contributed by atoms with Crippen LogP contribution in [-0.2, 0) is 19.4 Å². The number of carbonyl (C=O) groups is 2. The molecule has 0 saturated carbocycles. The van der Waals surface area contributed by atoms with Gasteiger partial charge in [-0.05, 0) is 42.8 Å². The number of esters is 1. The van der Waals surface area contributed by atoms with Crippen molar-refractivity contribution in [1.29, 1.82) is 0 Å². The first kappa shape index (κ1) is 19.9. The van der Waals surface area contributed by atoms with Crippen molar-refractivity contribution in [3.8, 4) is 11.5 Å². The van der Waals surface area contributed by atoms with E-state index in [0.29, 0.717) is 23.5 Å². The Morgan fingerprint density at radius 3 is 2.29 bits per heavy atom. The Morgan fingerprint density at radius 1 is 1.04 bits per heavy atom. The van der Waals surface area contributed by atoms with Gasteiger partial charge in [-0.15, -0.1) is 0 Å². The molecule has 0 N–H and O–H groups in total. The van der Waals surface area contributed by atoms with E-state index in [0.717, 1.165) is 0 Å². The summed E-state index contributed by atoms with van der Waals surface area (Å²) in [5.41, 5.74) is 0.291. The van der Waals surface area contributed by atoms with Gasteiger partial charge in [-0.3, -0.25) is 4.79 Å². The molecule has 1 fully saturated rings. The third kappa shape index (κ3) is 5.10. The number of hydrogen-bond acceptors (Lipinski definition) is 6. The Labute approximate surface area is 163 Å². The predicted molar refractivity (Wildman–Crippen MR) is 103 cm³/mol. The highest BCUT2D eigenvalue weighted by molar-refractivity contribution is 7.91. The first-order valence-corrected chi connectivity index (χ1v) is 10.6. The first-order chi connectivity index (χ1) is 13.3. The van der Waals surface area contributed by atoms with Crippen molar-refractivity contribution in [2.75, 3.05) is 25.2 Å². The molecule has 0 aliphatic carbocycles. The van der Waals surface area contributed by atoms with Crippen LogP contribution in [0.4, 0.5) is 0 Å². The fourth-order valence-electron chi connectivity index (χ4n) is 2.88. The second-order valence-electron chi connectivity index (χ2n) is 6.58. The largest absolute Gasteiger partial charge is 0.457 e. The number of nitrogens with zero attached hydrogens (tertiary/aromatic N) is 1. The van der Waals surface area contributed by atoms with Crippen molar-refractivity contribution < 1.29 is 27.5 Å². The van der Waals surface area contributed by atoms with Crippen LogP contribution in [0.1, 0.15) is 16.8 Å². The van der Waals surface area contributed by atoms with Crippen molar-refractivity contribution in [3.05, 3.63) is 60.2 Å². The number of ether oxygens (including phenoxy) is 2. The van der Waals surface area contributed by atoms with E-state index in [2.05, 4.69) is 0 Å². The van der Waals surface area contributed by atoms with Gasteiger partial charge < -0.3 is 14.4 Å². The molecule has 28 heavy (non-hydrogen) atoms. The molecule has 1 aliphatic rings. The Bertz CT molecular complexity index is 940. The minimum Gasteiger partial charge on any atom is -0.457 e. The number of benzene rings is 2. The number of rotatable bonds is 6. The monoisotopic (exact) mass is 403 g/mol. The van der Waals surface area contributed by atoms with Gasteiger partial charge in [0.05, 0.1) is 17.1 Å². The zero-order valence-corrected chi connectivity index (χ0v) is 16.2. The summed E-state index contributed by atoms with van der Waals surface area (Å²) in [6.45, 7) is -0.436. The molecular weight excluding hydrogens is 382 g/mol. The van der Waals surface area contributed by atoms with Crippen molar-refractivity contribution in [2.24, 2.45) is 0 Å². The van der Waals surface area contributed by atoms with Crippen LogP contribution in [0.5, 0.6) is 11.5 Å². The lowest BCUT2D eigenvalue weighted by molar-refractivity contribution is -0.134. The summed E-state index contributed by atoms with van der Waals surface area (Å²) in [5, 5.41) is 0. The number of para-hydroxylation sites is 1. The lowest BCUT2D eigenvalue weighted by Crippen LogP contribution is -2.40. The molecule has 8 heteroatoms. The molecular formula is C20H21NO6S. The highest BCUT2D eigenvalue weighted by atomic mass is 32.2. The van der Waals surface area contributed by atoms with E-state index in [1.165, 1.54) is 11.9 Å². The number of sulfone groups is 1. The third-order valence-corrected chi connectivity index (χ3v) is 6.30. The average molecular weight is 403 g/mol. The minimum absolute atomic E-state index is 0.0495.